The Bertz CT molecular complexity index is 785. The van der Waals surface area contributed by atoms with Crippen LogP contribution in [0.4, 0.5) is 0 Å². The smallest absolute Gasteiger partial charge is 0.137 e. The molecule has 0 amide bonds. The van der Waals surface area contributed by atoms with Gasteiger partial charge in [-0.1, -0.05) is 36.4 Å². The first-order valence-electron chi connectivity index (χ1n) is 7.43. The molecule has 0 saturated heterocycles. The van der Waals surface area contributed by atoms with Crippen LogP contribution in [0.15, 0.2) is 61.2 Å². The average Bonchev–Trinajstić information content (AvgIpc) is 3.10. The Balaban J connectivity index is 1.51. The highest BCUT2D eigenvalue weighted by molar-refractivity contribution is 5.32. The number of rotatable bonds is 6. The fraction of sp³-hybridized carbons (Fsp3) is 0.167. The minimum absolute atomic E-state index is 0.696. The maximum atomic E-state index is 8.90. The van der Waals surface area contributed by atoms with Crippen LogP contribution in [-0.4, -0.2) is 14.8 Å². The number of nitrogens with zero attached hydrogens (tertiary/aromatic N) is 4. The van der Waals surface area contributed by atoms with E-state index in [-0.39, 0.29) is 0 Å². The van der Waals surface area contributed by atoms with Crippen molar-refractivity contribution >= 4 is 0 Å². The molecular weight excluding hydrogens is 286 g/mol. The van der Waals surface area contributed by atoms with Crippen molar-refractivity contribution in [3.63, 3.8) is 0 Å². The molecule has 0 spiro atoms. The highest BCUT2D eigenvalue weighted by Gasteiger charge is 1.99. The Kier molecular flexibility index (Phi) is 4.77. The van der Waals surface area contributed by atoms with Gasteiger partial charge in [-0.3, -0.25) is 0 Å². The van der Waals surface area contributed by atoms with E-state index in [1.54, 1.807) is 17.3 Å². The molecule has 0 saturated carbocycles. The highest BCUT2D eigenvalue weighted by Crippen LogP contribution is 2.07. The van der Waals surface area contributed by atoms with Gasteiger partial charge in [0.25, 0.3) is 0 Å². The fourth-order valence-corrected chi connectivity index (χ4v) is 2.37. The molecular formula is C18H17N5. The van der Waals surface area contributed by atoms with Crippen LogP contribution in [0.25, 0.3) is 0 Å². The molecule has 2 aromatic carbocycles. The van der Waals surface area contributed by atoms with Gasteiger partial charge in [0.2, 0.25) is 0 Å². The quantitative estimate of drug-likeness (QED) is 0.760. The molecule has 23 heavy (non-hydrogen) atoms. The molecule has 0 atom stereocenters. The van der Waals surface area contributed by atoms with Gasteiger partial charge in [0, 0.05) is 13.1 Å². The van der Waals surface area contributed by atoms with Crippen LogP contribution in [0.2, 0.25) is 0 Å². The monoisotopic (exact) mass is 303 g/mol. The summed E-state index contributed by atoms with van der Waals surface area (Å²) in [6.07, 6.45) is 3.25. The number of hydrogen-bond donors (Lipinski definition) is 1. The van der Waals surface area contributed by atoms with Crippen LogP contribution in [-0.2, 0) is 19.6 Å². The Morgan fingerprint density at radius 3 is 2.52 bits per heavy atom. The van der Waals surface area contributed by atoms with Gasteiger partial charge in [0.1, 0.15) is 12.7 Å². The third-order valence-electron chi connectivity index (χ3n) is 3.55. The van der Waals surface area contributed by atoms with Crippen molar-refractivity contribution in [1.82, 2.24) is 20.1 Å². The van der Waals surface area contributed by atoms with Crippen molar-refractivity contribution in [1.29, 1.82) is 5.26 Å². The first-order chi connectivity index (χ1) is 11.3. The predicted molar refractivity (Wildman–Crippen MR) is 87.3 cm³/mol. The minimum Gasteiger partial charge on any atom is -0.309 e. The normalized spacial score (nSPS) is 10.4. The van der Waals surface area contributed by atoms with Crippen LogP contribution in [0, 0.1) is 11.3 Å². The molecule has 1 aromatic heterocycles. The molecule has 0 unspecified atom stereocenters. The first kappa shape index (κ1) is 14.9. The molecule has 0 bridgehead atoms. The van der Waals surface area contributed by atoms with E-state index in [1.807, 2.05) is 24.3 Å². The van der Waals surface area contributed by atoms with Gasteiger partial charge in [-0.15, -0.1) is 0 Å². The lowest BCUT2D eigenvalue weighted by Crippen LogP contribution is -2.12. The molecule has 0 aliphatic heterocycles. The third-order valence-corrected chi connectivity index (χ3v) is 3.55. The Hall–Kier alpha value is -2.97. The Morgan fingerprint density at radius 1 is 1.00 bits per heavy atom. The van der Waals surface area contributed by atoms with Gasteiger partial charge in [0.15, 0.2) is 0 Å². The van der Waals surface area contributed by atoms with E-state index in [1.165, 1.54) is 11.1 Å². The summed E-state index contributed by atoms with van der Waals surface area (Å²) >= 11 is 0. The lowest BCUT2D eigenvalue weighted by molar-refractivity contribution is 0.680. The number of nitrogens with one attached hydrogen (secondary N) is 1. The number of benzene rings is 2. The van der Waals surface area contributed by atoms with Crippen LogP contribution in [0.3, 0.4) is 0 Å². The highest BCUT2D eigenvalue weighted by atomic mass is 15.3. The summed E-state index contributed by atoms with van der Waals surface area (Å²) in [4.78, 5) is 3.94. The summed E-state index contributed by atoms with van der Waals surface area (Å²) in [5.74, 6) is 0. The van der Waals surface area contributed by atoms with E-state index in [0.717, 1.165) is 25.2 Å². The maximum absolute atomic E-state index is 8.90. The van der Waals surface area contributed by atoms with E-state index < -0.39 is 0 Å². The zero-order valence-corrected chi connectivity index (χ0v) is 12.7. The average molecular weight is 303 g/mol. The lowest BCUT2D eigenvalue weighted by Gasteiger charge is -2.07. The van der Waals surface area contributed by atoms with E-state index >= 15 is 0 Å². The SMILES string of the molecule is N#Cc1cccc(CNCc2ccc(Cn3cncn3)cc2)c1. The summed E-state index contributed by atoms with van der Waals surface area (Å²) < 4.78 is 1.80. The Labute approximate surface area is 135 Å². The molecule has 1 heterocycles. The number of hydrogen-bond acceptors (Lipinski definition) is 4. The fourth-order valence-electron chi connectivity index (χ4n) is 2.37. The van der Waals surface area contributed by atoms with E-state index in [9.17, 15) is 0 Å². The van der Waals surface area contributed by atoms with Crippen molar-refractivity contribution in [3.05, 3.63) is 83.4 Å². The number of aromatic nitrogens is 3. The summed E-state index contributed by atoms with van der Waals surface area (Å²) in [6, 6.07) is 18.3. The van der Waals surface area contributed by atoms with Gasteiger partial charge in [-0.05, 0) is 28.8 Å². The second-order valence-corrected chi connectivity index (χ2v) is 5.33. The van der Waals surface area contributed by atoms with Gasteiger partial charge in [-0.25, -0.2) is 9.67 Å². The molecule has 114 valence electrons. The molecule has 3 rings (SSSR count). The summed E-state index contributed by atoms with van der Waals surface area (Å²) in [6.45, 7) is 2.27. The van der Waals surface area contributed by atoms with Crippen molar-refractivity contribution in [2.75, 3.05) is 0 Å². The van der Waals surface area contributed by atoms with Crippen LogP contribution in [0.1, 0.15) is 22.3 Å². The number of nitriles is 1. The second kappa shape index (κ2) is 7.34. The van der Waals surface area contributed by atoms with E-state index in [0.29, 0.717) is 5.56 Å². The van der Waals surface area contributed by atoms with Crippen molar-refractivity contribution < 1.29 is 0 Å². The molecule has 3 aromatic rings. The minimum atomic E-state index is 0.696. The third kappa shape index (κ3) is 4.25. The largest absolute Gasteiger partial charge is 0.309 e. The van der Waals surface area contributed by atoms with Crippen LogP contribution >= 0.6 is 0 Å². The molecule has 5 nitrogen and oxygen atoms in total. The summed E-state index contributed by atoms with van der Waals surface area (Å²) in [5.41, 5.74) is 4.23. The van der Waals surface area contributed by atoms with Gasteiger partial charge >= 0.3 is 0 Å². The summed E-state index contributed by atoms with van der Waals surface area (Å²) in [7, 11) is 0. The zero-order valence-electron chi connectivity index (χ0n) is 12.7. The Morgan fingerprint density at radius 2 is 1.78 bits per heavy atom. The topological polar surface area (TPSA) is 66.5 Å². The van der Waals surface area contributed by atoms with E-state index in [4.69, 9.17) is 5.26 Å². The molecule has 0 fully saturated rings. The van der Waals surface area contributed by atoms with Crippen molar-refractivity contribution in [2.45, 2.75) is 19.6 Å². The second-order valence-electron chi connectivity index (χ2n) is 5.33. The first-order valence-corrected chi connectivity index (χ1v) is 7.43. The molecule has 5 heteroatoms. The molecule has 1 N–H and O–H groups in total. The van der Waals surface area contributed by atoms with Crippen molar-refractivity contribution in [2.24, 2.45) is 0 Å². The lowest BCUT2D eigenvalue weighted by atomic mass is 10.1. The zero-order chi connectivity index (χ0) is 15.9. The molecule has 0 aliphatic rings. The van der Waals surface area contributed by atoms with Crippen LogP contribution < -0.4 is 5.32 Å². The van der Waals surface area contributed by atoms with Gasteiger partial charge in [0.05, 0.1) is 18.2 Å². The summed E-state index contributed by atoms with van der Waals surface area (Å²) in [5, 5.41) is 16.4. The van der Waals surface area contributed by atoms with Crippen molar-refractivity contribution in [3.8, 4) is 6.07 Å². The predicted octanol–water partition coefficient (Wildman–Crippen LogP) is 2.49. The standard InChI is InChI=1S/C18H17N5/c19-9-17-2-1-3-18(8-17)11-20-10-15-4-6-16(7-5-15)12-23-14-21-13-22-23/h1-8,13-14,20H,10-12H2. The van der Waals surface area contributed by atoms with Gasteiger partial charge in [-0.2, -0.15) is 10.4 Å². The van der Waals surface area contributed by atoms with Gasteiger partial charge < -0.3 is 5.32 Å². The van der Waals surface area contributed by atoms with E-state index in [2.05, 4.69) is 45.7 Å². The van der Waals surface area contributed by atoms with Crippen LogP contribution in [0.5, 0.6) is 0 Å². The molecule has 0 radical (unpaired) electrons. The molecule has 0 aliphatic carbocycles. The maximum Gasteiger partial charge on any atom is 0.137 e.